The fraction of sp³-hybridized carbons (Fsp3) is 0.400. The van der Waals surface area contributed by atoms with E-state index in [0.29, 0.717) is 0 Å². The molecule has 0 saturated carbocycles. The van der Waals surface area contributed by atoms with Gasteiger partial charge in [0.1, 0.15) is 0 Å². The van der Waals surface area contributed by atoms with Gasteiger partial charge in [-0.15, -0.1) is 25.3 Å². The van der Waals surface area contributed by atoms with Gasteiger partial charge < -0.3 is 0 Å². The Bertz CT molecular complexity index is 370. The van der Waals surface area contributed by atoms with Crippen LogP contribution in [0.5, 0.6) is 0 Å². The summed E-state index contributed by atoms with van der Waals surface area (Å²) in [5, 5.41) is 0. The van der Waals surface area contributed by atoms with E-state index in [-0.39, 0.29) is 0 Å². The summed E-state index contributed by atoms with van der Waals surface area (Å²) >= 11 is 16.2. The Kier molecular flexibility index (Phi) is 5.13. The average molecular weight is 325 g/mol. The molecule has 0 aromatic carbocycles. The highest BCUT2D eigenvalue weighted by Gasteiger charge is 2.26. The highest BCUT2D eigenvalue weighted by Crippen LogP contribution is 2.61. The van der Waals surface area contributed by atoms with Gasteiger partial charge in [0.2, 0.25) is 0 Å². The predicted molar refractivity (Wildman–Crippen MR) is 90.0 cm³/mol. The zero-order valence-electron chi connectivity index (χ0n) is 8.94. The summed E-state index contributed by atoms with van der Waals surface area (Å²) in [6.07, 6.45) is 2.28. The minimum absolute atomic E-state index is 1.03. The molecule has 0 amide bonds. The Balaban J connectivity index is 2.15. The van der Waals surface area contributed by atoms with Gasteiger partial charge in [-0.3, -0.25) is 0 Å². The van der Waals surface area contributed by atoms with Crippen LogP contribution in [0.1, 0.15) is 26.7 Å². The molecule has 6 heteroatoms. The number of hydrogen-bond acceptors (Lipinski definition) is 6. The molecule has 0 saturated heterocycles. The molecule has 0 radical (unpaired) electrons. The quantitative estimate of drug-likeness (QED) is 0.589. The van der Waals surface area contributed by atoms with Gasteiger partial charge in [-0.05, 0) is 22.7 Å². The monoisotopic (exact) mass is 324 g/mol. The summed E-state index contributed by atoms with van der Waals surface area (Å²) in [5.41, 5.74) is 0. The van der Waals surface area contributed by atoms with Crippen molar-refractivity contribution in [3.8, 4) is 0 Å². The van der Waals surface area contributed by atoms with Crippen molar-refractivity contribution < 1.29 is 0 Å². The van der Waals surface area contributed by atoms with Gasteiger partial charge in [0, 0.05) is 0 Å². The van der Waals surface area contributed by atoms with Gasteiger partial charge in [0.05, 0.1) is 16.9 Å². The highest BCUT2D eigenvalue weighted by atomic mass is 32.2. The van der Waals surface area contributed by atoms with E-state index in [1.54, 1.807) is 23.5 Å². The van der Waals surface area contributed by atoms with Gasteiger partial charge in [0.15, 0.2) is 0 Å². The first kappa shape index (κ1) is 13.7. The van der Waals surface area contributed by atoms with E-state index < -0.39 is 0 Å². The molecule has 2 rings (SSSR count). The SMILES string of the molecule is CCC1=C(CC)SC(=C2SC(S)=C(S)S2)S1. The molecule has 0 atom stereocenters. The van der Waals surface area contributed by atoms with Crippen molar-refractivity contribution in [2.45, 2.75) is 26.7 Å². The third-order valence-corrected chi connectivity index (χ3v) is 9.28. The Morgan fingerprint density at radius 3 is 1.50 bits per heavy atom. The second-order valence-electron chi connectivity index (χ2n) is 3.15. The summed E-state index contributed by atoms with van der Waals surface area (Å²) in [6, 6.07) is 0. The van der Waals surface area contributed by atoms with Crippen LogP contribution in [0, 0.1) is 0 Å². The van der Waals surface area contributed by atoms with Crippen LogP contribution < -0.4 is 0 Å². The van der Waals surface area contributed by atoms with Crippen LogP contribution in [-0.2, 0) is 0 Å². The number of allylic oxidation sites excluding steroid dienone is 2. The third kappa shape index (κ3) is 2.83. The maximum atomic E-state index is 4.41. The molecule has 0 unspecified atom stereocenters. The first-order valence-electron chi connectivity index (χ1n) is 4.95. The molecule has 0 fully saturated rings. The largest absolute Gasteiger partial charge is 0.135 e. The van der Waals surface area contributed by atoms with Crippen molar-refractivity contribution in [3.05, 3.63) is 26.8 Å². The maximum Gasteiger partial charge on any atom is 0.0717 e. The summed E-state index contributed by atoms with van der Waals surface area (Å²) in [7, 11) is 0. The molecule has 2 aliphatic heterocycles. The highest BCUT2D eigenvalue weighted by molar-refractivity contribution is 8.39. The number of rotatable bonds is 2. The molecular weight excluding hydrogens is 313 g/mol. The second kappa shape index (κ2) is 5.97. The number of hydrogen-bond donors (Lipinski definition) is 2. The van der Waals surface area contributed by atoms with Crippen molar-refractivity contribution in [1.29, 1.82) is 0 Å². The Morgan fingerprint density at radius 2 is 1.12 bits per heavy atom. The third-order valence-electron chi connectivity index (χ3n) is 2.11. The fourth-order valence-electron chi connectivity index (χ4n) is 1.35. The van der Waals surface area contributed by atoms with Crippen molar-refractivity contribution in [1.82, 2.24) is 0 Å². The molecular formula is C10H12S6. The van der Waals surface area contributed by atoms with Gasteiger partial charge in [-0.1, -0.05) is 60.9 Å². The van der Waals surface area contributed by atoms with Crippen molar-refractivity contribution in [2.24, 2.45) is 0 Å². The number of thioether (sulfide) groups is 4. The van der Waals surface area contributed by atoms with Crippen LogP contribution >= 0.6 is 72.3 Å². The molecule has 2 heterocycles. The molecule has 2 aliphatic rings. The number of thiol groups is 2. The molecule has 88 valence electrons. The van der Waals surface area contributed by atoms with Gasteiger partial charge >= 0.3 is 0 Å². The molecule has 0 aliphatic carbocycles. The van der Waals surface area contributed by atoms with Crippen molar-refractivity contribution in [3.63, 3.8) is 0 Å². The lowest BCUT2D eigenvalue weighted by molar-refractivity contribution is 1.12. The normalized spacial score (nSPS) is 21.8. The molecule has 0 aromatic heterocycles. The lowest BCUT2D eigenvalue weighted by atomic mass is 10.3. The summed E-state index contributed by atoms with van der Waals surface area (Å²) < 4.78 is 4.82. The second-order valence-corrected chi connectivity index (χ2v) is 9.41. The molecule has 0 N–H and O–H groups in total. The fourth-order valence-corrected chi connectivity index (χ4v) is 7.59. The Morgan fingerprint density at radius 1 is 0.750 bits per heavy atom. The van der Waals surface area contributed by atoms with Crippen LogP contribution in [-0.4, -0.2) is 0 Å². The minimum Gasteiger partial charge on any atom is -0.135 e. The first-order chi connectivity index (χ1) is 7.65. The maximum absolute atomic E-state index is 4.41. The van der Waals surface area contributed by atoms with E-state index in [2.05, 4.69) is 39.1 Å². The Hall–Kier alpha value is 1.32. The standard InChI is InChI=1S/C10H12S6/c1-3-5-6(4-2)14-9(13-5)10-15-7(11)8(12)16-10/h11-12H,3-4H2,1-2H3. The molecule has 0 spiro atoms. The van der Waals surface area contributed by atoms with Crippen LogP contribution in [0.4, 0.5) is 0 Å². The smallest absolute Gasteiger partial charge is 0.0717 e. The van der Waals surface area contributed by atoms with Gasteiger partial charge in [-0.2, -0.15) is 0 Å². The van der Waals surface area contributed by atoms with Crippen LogP contribution in [0.3, 0.4) is 0 Å². The van der Waals surface area contributed by atoms with Crippen LogP contribution in [0.25, 0.3) is 0 Å². The zero-order chi connectivity index (χ0) is 11.7. The molecule has 16 heavy (non-hydrogen) atoms. The summed E-state index contributed by atoms with van der Waals surface area (Å²) in [6.45, 7) is 4.46. The minimum atomic E-state index is 1.03. The topological polar surface area (TPSA) is 0 Å². The van der Waals surface area contributed by atoms with Crippen molar-refractivity contribution >= 4 is 72.3 Å². The summed E-state index contributed by atoms with van der Waals surface area (Å²) in [5.74, 6) is 0. The first-order valence-corrected chi connectivity index (χ1v) is 9.11. The molecule has 0 nitrogen and oxygen atoms in total. The zero-order valence-corrected chi connectivity index (χ0v) is 14.0. The predicted octanol–water partition coefficient (Wildman–Crippen LogP) is 6.09. The van der Waals surface area contributed by atoms with E-state index >= 15 is 0 Å². The van der Waals surface area contributed by atoms with Crippen molar-refractivity contribution in [2.75, 3.05) is 0 Å². The lowest BCUT2D eigenvalue weighted by Crippen LogP contribution is -1.72. The summed E-state index contributed by atoms with van der Waals surface area (Å²) in [4.78, 5) is 3.06. The van der Waals surface area contributed by atoms with E-state index in [0.717, 1.165) is 21.3 Å². The van der Waals surface area contributed by atoms with E-state index in [1.165, 1.54) is 18.3 Å². The molecule has 0 bridgehead atoms. The van der Waals surface area contributed by atoms with Crippen LogP contribution in [0.2, 0.25) is 0 Å². The van der Waals surface area contributed by atoms with E-state index in [4.69, 9.17) is 0 Å². The molecule has 0 aromatic rings. The lowest BCUT2D eigenvalue weighted by Gasteiger charge is -2.01. The van der Waals surface area contributed by atoms with Gasteiger partial charge in [-0.25, -0.2) is 0 Å². The van der Waals surface area contributed by atoms with E-state index in [1.807, 2.05) is 23.5 Å². The average Bonchev–Trinajstić information content (AvgIpc) is 2.83. The van der Waals surface area contributed by atoms with Gasteiger partial charge in [0.25, 0.3) is 0 Å². The van der Waals surface area contributed by atoms with E-state index in [9.17, 15) is 0 Å². The Labute approximate surface area is 125 Å². The van der Waals surface area contributed by atoms with Crippen LogP contribution in [0.15, 0.2) is 26.8 Å².